The van der Waals surface area contributed by atoms with Gasteiger partial charge in [0.15, 0.2) is 0 Å². The van der Waals surface area contributed by atoms with Crippen LogP contribution in [0, 0.1) is 0 Å². The van der Waals surface area contributed by atoms with E-state index in [2.05, 4.69) is 69.0 Å². The summed E-state index contributed by atoms with van der Waals surface area (Å²) in [4.78, 5) is 1.27. The molecule has 106 valence electrons. The highest BCUT2D eigenvalue weighted by atomic mass is 32.1. The van der Waals surface area contributed by atoms with Crippen molar-refractivity contribution in [2.75, 3.05) is 0 Å². The summed E-state index contributed by atoms with van der Waals surface area (Å²) in [6.07, 6.45) is 14.3. The summed E-state index contributed by atoms with van der Waals surface area (Å²) >= 11 is 1.86. The maximum atomic E-state index is 3.97. The Bertz CT molecular complexity index is 768. The molecule has 2 aromatic rings. The Morgan fingerprint density at radius 3 is 2.86 bits per heavy atom. The van der Waals surface area contributed by atoms with Crippen molar-refractivity contribution < 1.29 is 0 Å². The second-order valence-electron chi connectivity index (χ2n) is 5.46. The minimum Gasteiger partial charge on any atom is -0.135 e. The van der Waals surface area contributed by atoms with Gasteiger partial charge in [0.05, 0.1) is 0 Å². The Kier molecular flexibility index (Phi) is 3.94. The molecule has 0 bridgehead atoms. The smallest absolute Gasteiger partial charge is 0.0393 e. The lowest BCUT2D eigenvalue weighted by Crippen LogP contribution is -1.97. The van der Waals surface area contributed by atoms with Crippen LogP contribution in [-0.2, 0) is 0 Å². The van der Waals surface area contributed by atoms with E-state index in [9.17, 15) is 0 Å². The summed E-state index contributed by atoms with van der Waals surface area (Å²) in [5.41, 5.74) is 4.11. The zero-order chi connectivity index (χ0) is 14.8. The first kappa shape index (κ1) is 14.1. The highest BCUT2D eigenvalue weighted by Crippen LogP contribution is 2.40. The summed E-state index contributed by atoms with van der Waals surface area (Å²) in [6, 6.07) is 6.68. The number of hydrogen-bond acceptors (Lipinski definition) is 1. The monoisotopic (exact) mass is 292 g/mol. The van der Waals surface area contributed by atoms with Crippen LogP contribution in [-0.4, -0.2) is 0 Å². The SMILES string of the molecule is C=Cc1sc2c(C3C=CC(C)=CC3)cccc2c1/C=C\C. The molecule has 1 unspecified atom stereocenters. The highest BCUT2D eigenvalue weighted by Gasteiger charge is 2.16. The van der Waals surface area contributed by atoms with Gasteiger partial charge >= 0.3 is 0 Å². The molecule has 1 aromatic heterocycles. The molecule has 0 spiro atoms. The van der Waals surface area contributed by atoms with Crippen LogP contribution < -0.4 is 0 Å². The average molecular weight is 292 g/mol. The van der Waals surface area contributed by atoms with E-state index in [4.69, 9.17) is 0 Å². The van der Waals surface area contributed by atoms with Crippen molar-refractivity contribution in [1.82, 2.24) is 0 Å². The Labute approximate surface area is 130 Å². The number of benzene rings is 1. The quantitative estimate of drug-likeness (QED) is 0.600. The second kappa shape index (κ2) is 5.87. The standard InChI is InChI=1S/C20H20S/c1-4-7-17-18-9-6-8-16(20(18)21-19(17)5-2)15-12-10-14(3)11-13-15/h4-12,15H,2,13H2,1,3H3/b7-4-. The van der Waals surface area contributed by atoms with Crippen LogP contribution in [0.5, 0.6) is 0 Å². The minimum absolute atomic E-state index is 0.493. The van der Waals surface area contributed by atoms with Crippen molar-refractivity contribution in [2.24, 2.45) is 0 Å². The number of fused-ring (bicyclic) bond motifs is 1. The summed E-state index contributed by atoms with van der Waals surface area (Å²) in [6.45, 7) is 8.21. The fourth-order valence-corrected chi connectivity index (χ4v) is 4.14. The van der Waals surface area contributed by atoms with Gasteiger partial charge in [-0.15, -0.1) is 11.3 Å². The van der Waals surface area contributed by atoms with Gasteiger partial charge in [-0.25, -0.2) is 0 Å². The molecular weight excluding hydrogens is 272 g/mol. The normalized spacial score (nSPS) is 18.4. The van der Waals surface area contributed by atoms with Crippen molar-refractivity contribution in [3.05, 3.63) is 70.7 Å². The van der Waals surface area contributed by atoms with Gasteiger partial charge in [0.2, 0.25) is 0 Å². The van der Waals surface area contributed by atoms with Crippen LogP contribution in [0.4, 0.5) is 0 Å². The lowest BCUT2D eigenvalue weighted by molar-refractivity contribution is 0.854. The van der Waals surface area contributed by atoms with E-state index in [1.165, 1.54) is 31.7 Å². The summed E-state index contributed by atoms with van der Waals surface area (Å²) in [7, 11) is 0. The molecule has 3 rings (SSSR count). The molecule has 1 aromatic carbocycles. The third-order valence-electron chi connectivity index (χ3n) is 4.02. The van der Waals surface area contributed by atoms with Gasteiger partial charge in [-0.1, -0.05) is 66.8 Å². The average Bonchev–Trinajstić information content (AvgIpc) is 2.87. The first-order valence-electron chi connectivity index (χ1n) is 7.40. The highest BCUT2D eigenvalue weighted by molar-refractivity contribution is 7.20. The number of allylic oxidation sites excluding steroid dienone is 5. The maximum absolute atomic E-state index is 3.97. The molecule has 0 aliphatic heterocycles. The van der Waals surface area contributed by atoms with Gasteiger partial charge in [-0.05, 0) is 31.4 Å². The zero-order valence-corrected chi connectivity index (χ0v) is 13.4. The van der Waals surface area contributed by atoms with Crippen LogP contribution >= 0.6 is 11.3 Å². The van der Waals surface area contributed by atoms with Crippen molar-refractivity contribution in [3.8, 4) is 0 Å². The van der Waals surface area contributed by atoms with E-state index in [0.717, 1.165) is 6.42 Å². The predicted octanol–water partition coefficient (Wildman–Crippen LogP) is 6.57. The third kappa shape index (κ3) is 2.54. The molecule has 0 fully saturated rings. The van der Waals surface area contributed by atoms with Crippen LogP contribution in [0.3, 0.4) is 0 Å². The molecule has 0 amide bonds. The van der Waals surface area contributed by atoms with Gasteiger partial charge in [-0.3, -0.25) is 0 Å². The predicted molar refractivity (Wildman–Crippen MR) is 96.9 cm³/mol. The molecule has 0 nitrogen and oxygen atoms in total. The number of rotatable bonds is 3. The maximum Gasteiger partial charge on any atom is 0.0393 e. The third-order valence-corrected chi connectivity index (χ3v) is 5.28. The van der Waals surface area contributed by atoms with Crippen molar-refractivity contribution in [3.63, 3.8) is 0 Å². The van der Waals surface area contributed by atoms with E-state index in [1.54, 1.807) is 0 Å². The number of hydrogen-bond donors (Lipinski definition) is 0. The van der Waals surface area contributed by atoms with Crippen molar-refractivity contribution >= 4 is 33.6 Å². The summed E-state index contributed by atoms with van der Waals surface area (Å²) in [5.74, 6) is 0.493. The topological polar surface area (TPSA) is 0 Å². The van der Waals surface area contributed by atoms with E-state index in [-0.39, 0.29) is 0 Å². The Morgan fingerprint density at radius 1 is 1.33 bits per heavy atom. The van der Waals surface area contributed by atoms with Crippen molar-refractivity contribution in [1.29, 1.82) is 0 Å². The minimum atomic E-state index is 0.493. The van der Waals surface area contributed by atoms with E-state index in [0.29, 0.717) is 5.92 Å². The lowest BCUT2D eigenvalue weighted by Gasteiger charge is -2.16. The first-order chi connectivity index (χ1) is 10.2. The molecule has 1 aliphatic rings. The Morgan fingerprint density at radius 2 is 2.19 bits per heavy atom. The van der Waals surface area contributed by atoms with Gasteiger partial charge in [0, 0.05) is 20.9 Å². The summed E-state index contributed by atoms with van der Waals surface area (Å²) in [5, 5.41) is 1.35. The molecule has 1 aliphatic carbocycles. The molecule has 1 atom stereocenters. The number of thiophene rings is 1. The second-order valence-corrected chi connectivity index (χ2v) is 6.51. The fourth-order valence-electron chi connectivity index (χ4n) is 2.92. The molecule has 0 saturated heterocycles. The van der Waals surface area contributed by atoms with Gasteiger partial charge in [0.25, 0.3) is 0 Å². The molecule has 0 radical (unpaired) electrons. The van der Waals surface area contributed by atoms with E-state index >= 15 is 0 Å². The Balaban J connectivity index is 2.17. The van der Waals surface area contributed by atoms with Gasteiger partial charge in [0.1, 0.15) is 0 Å². The molecule has 0 N–H and O–H groups in total. The summed E-state index contributed by atoms with van der Waals surface area (Å²) < 4.78 is 1.41. The molecule has 21 heavy (non-hydrogen) atoms. The largest absolute Gasteiger partial charge is 0.135 e. The van der Waals surface area contributed by atoms with Crippen LogP contribution in [0.2, 0.25) is 0 Å². The molecule has 0 saturated carbocycles. The molecular formula is C20H20S. The van der Waals surface area contributed by atoms with Gasteiger partial charge < -0.3 is 0 Å². The first-order valence-corrected chi connectivity index (χ1v) is 8.21. The fraction of sp³-hybridized carbons (Fsp3) is 0.200. The van der Waals surface area contributed by atoms with Crippen LogP contribution in [0.25, 0.3) is 22.2 Å². The molecule has 1 heteroatoms. The van der Waals surface area contributed by atoms with Gasteiger partial charge in [-0.2, -0.15) is 0 Å². The Hall–Kier alpha value is -1.86. The lowest BCUT2D eigenvalue weighted by atomic mass is 9.89. The molecule has 1 heterocycles. The zero-order valence-electron chi connectivity index (χ0n) is 12.6. The van der Waals surface area contributed by atoms with E-state index < -0.39 is 0 Å². The van der Waals surface area contributed by atoms with Crippen LogP contribution in [0.1, 0.15) is 42.2 Å². The van der Waals surface area contributed by atoms with Crippen LogP contribution in [0.15, 0.2) is 54.7 Å². The van der Waals surface area contributed by atoms with Crippen molar-refractivity contribution in [2.45, 2.75) is 26.2 Å². The van der Waals surface area contributed by atoms with E-state index in [1.807, 2.05) is 17.4 Å².